The van der Waals surface area contributed by atoms with E-state index in [0.717, 1.165) is 11.0 Å². The number of aromatic nitrogens is 4. The van der Waals surface area contributed by atoms with Crippen LogP contribution in [0.4, 0.5) is 0 Å². The number of fused-ring (bicyclic) bond motifs is 2. The minimum absolute atomic E-state index is 0.214. The predicted octanol–water partition coefficient (Wildman–Crippen LogP) is 2.30. The van der Waals surface area contributed by atoms with Crippen LogP contribution in [0.15, 0.2) is 53.3 Å². The van der Waals surface area contributed by atoms with Gasteiger partial charge in [-0.3, -0.25) is 9.59 Å². The summed E-state index contributed by atoms with van der Waals surface area (Å²) in [6, 6.07) is 14.3. The third-order valence-electron chi connectivity index (χ3n) is 4.34. The Morgan fingerprint density at radius 2 is 1.81 bits per heavy atom. The Bertz CT molecular complexity index is 1160. The fourth-order valence-electron chi connectivity index (χ4n) is 2.98. The molecule has 2 N–H and O–H groups in total. The molecule has 0 fully saturated rings. The van der Waals surface area contributed by atoms with Gasteiger partial charge in [0, 0.05) is 12.4 Å². The minimum atomic E-state index is -0.357. The Labute approximate surface area is 148 Å². The predicted molar refractivity (Wildman–Crippen MR) is 99.0 cm³/mol. The summed E-state index contributed by atoms with van der Waals surface area (Å²) in [6.45, 7) is 1.85. The number of nitrogens with one attached hydrogen (secondary N) is 2. The zero-order valence-corrected chi connectivity index (χ0v) is 14.4. The van der Waals surface area contributed by atoms with Crippen molar-refractivity contribution >= 4 is 27.7 Å². The van der Waals surface area contributed by atoms with Crippen molar-refractivity contribution in [2.24, 2.45) is 7.05 Å². The second-order valence-electron chi connectivity index (χ2n) is 6.16. The lowest BCUT2D eigenvalue weighted by Gasteiger charge is -2.13. The lowest BCUT2D eigenvalue weighted by Crippen LogP contribution is -2.31. The van der Waals surface area contributed by atoms with Crippen LogP contribution < -0.4 is 10.9 Å². The number of benzene rings is 2. The maximum atomic E-state index is 12.8. The Balaban J connectivity index is 1.69. The maximum Gasteiger partial charge on any atom is 0.274 e. The van der Waals surface area contributed by atoms with E-state index in [-0.39, 0.29) is 23.2 Å². The normalized spacial score (nSPS) is 12.4. The third kappa shape index (κ3) is 2.63. The van der Waals surface area contributed by atoms with Crippen LogP contribution in [0.2, 0.25) is 0 Å². The van der Waals surface area contributed by atoms with Crippen LogP contribution >= 0.6 is 0 Å². The van der Waals surface area contributed by atoms with Gasteiger partial charge in [0.2, 0.25) is 0 Å². The Morgan fingerprint density at radius 1 is 1.12 bits per heavy atom. The standard InChI is InChI=1S/C19H17N5O2/c1-11(17-21-14-9-5-6-10-15(14)22-17)20-18(25)16-12-7-3-4-8-13(12)19(26)24(2)23-16/h3-11H,1-2H3,(H,20,25)(H,21,22). The minimum Gasteiger partial charge on any atom is -0.341 e. The molecule has 0 aliphatic rings. The molecule has 1 atom stereocenters. The van der Waals surface area contributed by atoms with Crippen molar-refractivity contribution in [2.45, 2.75) is 13.0 Å². The number of para-hydroxylation sites is 2. The molecule has 1 unspecified atom stereocenters. The monoisotopic (exact) mass is 347 g/mol. The van der Waals surface area contributed by atoms with Crippen LogP contribution in [0.5, 0.6) is 0 Å². The summed E-state index contributed by atoms with van der Waals surface area (Å²) in [5, 5.41) is 8.05. The largest absolute Gasteiger partial charge is 0.341 e. The topological polar surface area (TPSA) is 92.7 Å². The molecule has 7 nitrogen and oxygen atoms in total. The molecule has 1 amide bonds. The van der Waals surface area contributed by atoms with E-state index in [4.69, 9.17) is 0 Å². The van der Waals surface area contributed by atoms with Gasteiger partial charge in [-0.15, -0.1) is 0 Å². The number of aromatic amines is 1. The molecule has 0 aliphatic carbocycles. The summed E-state index contributed by atoms with van der Waals surface area (Å²) in [6.07, 6.45) is 0. The van der Waals surface area contributed by atoms with E-state index in [1.54, 1.807) is 24.3 Å². The molecular weight excluding hydrogens is 330 g/mol. The summed E-state index contributed by atoms with van der Waals surface area (Å²) >= 11 is 0. The number of nitrogens with zero attached hydrogens (tertiary/aromatic N) is 3. The van der Waals surface area contributed by atoms with Gasteiger partial charge in [-0.1, -0.05) is 30.3 Å². The van der Waals surface area contributed by atoms with Crippen molar-refractivity contribution in [3.8, 4) is 0 Å². The van der Waals surface area contributed by atoms with Crippen LogP contribution in [0.3, 0.4) is 0 Å². The van der Waals surface area contributed by atoms with E-state index >= 15 is 0 Å². The van der Waals surface area contributed by atoms with Gasteiger partial charge >= 0.3 is 0 Å². The highest BCUT2D eigenvalue weighted by atomic mass is 16.2. The van der Waals surface area contributed by atoms with Crippen molar-refractivity contribution in [2.75, 3.05) is 0 Å². The summed E-state index contributed by atoms with van der Waals surface area (Å²) in [5.41, 5.74) is 1.73. The van der Waals surface area contributed by atoms with Crippen molar-refractivity contribution in [3.63, 3.8) is 0 Å². The van der Waals surface area contributed by atoms with Crippen LogP contribution in [0, 0.1) is 0 Å². The molecule has 7 heteroatoms. The van der Waals surface area contributed by atoms with Gasteiger partial charge in [-0.05, 0) is 25.1 Å². The average Bonchev–Trinajstić information content (AvgIpc) is 3.09. The van der Waals surface area contributed by atoms with E-state index in [1.807, 2.05) is 31.2 Å². The Kier molecular flexibility index (Phi) is 3.76. The summed E-state index contributed by atoms with van der Waals surface area (Å²) < 4.78 is 1.18. The highest BCUT2D eigenvalue weighted by molar-refractivity contribution is 6.04. The van der Waals surface area contributed by atoms with E-state index in [1.165, 1.54) is 11.7 Å². The first-order valence-electron chi connectivity index (χ1n) is 8.26. The maximum absolute atomic E-state index is 12.8. The van der Waals surface area contributed by atoms with Crippen molar-refractivity contribution in [3.05, 3.63) is 70.4 Å². The average molecular weight is 347 g/mol. The molecule has 0 bridgehead atoms. The molecule has 0 saturated heterocycles. The van der Waals surface area contributed by atoms with Crippen LogP contribution in [0.1, 0.15) is 29.3 Å². The van der Waals surface area contributed by atoms with Crippen molar-refractivity contribution in [1.29, 1.82) is 0 Å². The van der Waals surface area contributed by atoms with Crippen LogP contribution in [-0.4, -0.2) is 25.7 Å². The number of rotatable bonds is 3. The smallest absolute Gasteiger partial charge is 0.274 e. The molecule has 2 aromatic heterocycles. The van der Waals surface area contributed by atoms with Gasteiger partial charge < -0.3 is 10.3 Å². The number of carbonyl (C=O) groups is 1. The third-order valence-corrected chi connectivity index (χ3v) is 4.34. The number of hydrogen-bond acceptors (Lipinski definition) is 4. The van der Waals surface area contributed by atoms with Crippen molar-refractivity contribution < 1.29 is 4.79 Å². The summed E-state index contributed by atoms with van der Waals surface area (Å²) in [5.74, 6) is 0.304. The van der Waals surface area contributed by atoms with Gasteiger partial charge in [0.15, 0.2) is 5.69 Å². The number of H-pyrrole nitrogens is 1. The van der Waals surface area contributed by atoms with Gasteiger partial charge in [-0.2, -0.15) is 5.10 Å². The molecule has 4 aromatic rings. The van der Waals surface area contributed by atoms with Gasteiger partial charge in [0.1, 0.15) is 5.82 Å². The van der Waals surface area contributed by atoms with E-state index < -0.39 is 0 Å². The molecule has 130 valence electrons. The number of imidazole rings is 1. The number of hydrogen-bond donors (Lipinski definition) is 2. The lowest BCUT2D eigenvalue weighted by atomic mass is 10.1. The molecule has 26 heavy (non-hydrogen) atoms. The van der Waals surface area contributed by atoms with Crippen LogP contribution in [-0.2, 0) is 7.05 Å². The van der Waals surface area contributed by atoms with Gasteiger partial charge in [-0.25, -0.2) is 9.67 Å². The quantitative estimate of drug-likeness (QED) is 0.595. The molecule has 0 aliphatic heterocycles. The number of aryl methyl sites for hydroxylation is 1. The number of carbonyl (C=O) groups excluding carboxylic acids is 1. The second kappa shape index (κ2) is 6.11. The van der Waals surface area contributed by atoms with Crippen LogP contribution in [0.25, 0.3) is 21.8 Å². The fourth-order valence-corrected chi connectivity index (χ4v) is 2.98. The Morgan fingerprint density at radius 3 is 2.58 bits per heavy atom. The van der Waals surface area contributed by atoms with E-state index in [0.29, 0.717) is 16.6 Å². The van der Waals surface area contributed by atoms with Crippen molar-refractivity contribution in [1.82, 2.24) is 25.1 Å². The number of amides is 1. The SMILES string of the molecule is CC(NC(=O)c1nn(C)c(=O)c2ccccc12)c1nc2ccccc2[nH]1. The summed E-state index contributed by atoms with van der Waals surface area (Å²) in [7, 11) is 1.54. The highest BCUT2D eigenvalue weighted by Crippen LogP contribution is 2.17. The molecule has 0 saturated carbocycles. The molecule has 4 rings (SSSR count). The highest BCUT2D eigenvalue weighted by Gasteiger charge is 2.19. The molecule has 2 heterocycles. The lowest BCUT2D eigenvalue weighted by molar-refractivity contribution is 0.0933. The zero-order valence-electron chi connectivity index (χ0n) is 14.4. The van der Waals surface area contributed by atoms with E-state index in [2.05, 4.69) is 20.4 Å². The van der Waals surface area contributed by atoms with Gasteiger partial charge in [0.05, 0.1) is 22.5 Å². The molecule has 2 aromatic carbocycles. The first kappa shape index (κ1) is 16.0. The molecule has 0 spiro atoms. The fraction of sp³-hybridized carbons (Fsp3) is 0.158. The summed E-state index contributed by atoms with van der Waals surface area (Å²) in [4.78, 5) is 32.7. The van der Waals surface area contributed by atoms with Gasteiger partial charge in [0.25, 0.3) is 11.5 Å². The molecular formula is C19H17N5O2. The Hall–Kier alpha value is -3.48. The first-order valence-corrected chi connectivity index (χ1v) is 8.26. The molecule has 0 radical (unpaired) electrons. The van der Waals surface area contributed by atoms with E-state index in [9.17, 15) is 9.59 Å². The first-order chi connectivity index (χ1) is 12.5. The zero-order chi connectivity index (χ0) is 18.3. The second-order valence-corrected chi connectivity index (χ2v) is 6.16.